The van der Waals surface area contributed by atoms with Crippen LogP contribution in [0.4, 0.5) is 39.5 Å². The van der Waals surface area contributed by atoms with E-state index in [1.807, 2.05) is 0 Å². The molecule has 2 heterocycles. The lowest BCUT2D eigenvalue weighted by molar-refractivity contribution is -0.396. The topological polar surface area (TPSA) is 35.5 Å². The minimum absolute atomic E-state index is 0.336. The Morgan fingerprint density at radius 3 is 2.32 bits per heavy atom. The number of halogens is 9. The highest BCUT2D eigenvalue weighted by atomic mass is 32.2. The van der Waals surface area contributed by atoms with Crippen LogP contribution >= 0.6 is 23.1 Å². The average Bonchev–Trinajstić information content (AvgIpc) is 3.04. The van der Waals surface area contributed by atoms with Gasteiger partial charge in [-0.1, -0.05) is 0 Å². The SMILES string of the molecule is O=C(CCC(F)(F)C(F)(F)C(F)(F)C(F)(F)F)OCC1CSc2cscc2O1. The van der Waals surface area contributed by atoms with Crippen LogP contribution < -0.4 is 4.74 Å². The summed E-state index contributed by atoms with van der Waals surface area (Å²) in [5, 5.41) is 3.47. The summed E-state index contributed by atoms with van der Waals surface area (Å²) >= 11 is 2.72. The van der Waals surface area contributed by atoms with E-state index in [9.17, 15) is 44.3 Å². The van der Waals surface area contributed by atoms with E-state index in [1.54, 1.807) is 10.8 Å². The summed E-state index contributed by atoms with van der Waals surface area (Å²) in [6, 6.07) is 0. The van der Waals surface area contributed by atoms with Crippen molar-refractivity contribution in [3.8, 4) is 5.75 Å². The zero-order valence-electron chi connectivity index (χ0n) is 13.5. The van der Waals surface area contributed by atoms with Gasteiger partial charge >= 0.3 is 29.9 Å². The Kier molecular flexibility index (Phi) is 6.43. The van der Waals surface area contributed by atoms with Crippen LogP contribution in [0.15, 0.2) is 15.7 Å². The monoisotopic (exact) mass is 462 g/mol. The van der Waals surface area contributed by atoms with Gasteiger partial charge in [0.05, 0.1) is 11.3 Å². The Bertz CT molecular complexity index is 702. The van der Waals surface area contributed by atoms with Gasteiger partial charge in [-0.25, -0.2) is 0 Å². The van der Waals surface area contributed by atoms with E-state index in [0.717, 1.165) is 4.90 Å². The number of thioether (sulfide) groups is 1. The van der Waals surface area contributed by atoms with E-state index < -0.39 is 55.5 Å². The van der Waals surface area contributed by atoms with Crippen molar-refractivity contribution in [1.29, 1.82) is 0 Å². The largest absolute Gasteiger partial charge is 0.484 e. The molecule has 0 amide bonds. The molecule has 0 N–H and O–H groups in total. The number of fused-ring (bicyclic) bond motifs is 1. The van der Waals surface area contributed by atoms with Crippen molar-refractivity contribution in [2.24, 2.45) is 0 Å². The van der Waals surface area contributed by atoms with Gasteiger partial charge in [0.2, 0.25) is 0 Å². The molecule has 28 heavy (non-hydrogen) atoms. The second-order valence-electron chi connectivity index (χ2n) is 5.69. The maximum atomic E-state index is 13.3. The van der Waals surface area contributed by atoms with Crippen LogP contribution in [0.25, 0.3) is 0 Å². The fraction of sp³-hybridized carbons (Fsp3) is 0.643. The third-order valence-corrected chi connectivity index (χ3v) is 5.63. The number of alkyl halides is 9. The summed E-state index contributed by atoms with van der Waals surface area (Å²) in [5.41, 5.74) is 0. The van der Waals surface area contributed by atoms with Crippen molar-refractivity contribution in [1.82, 2.24) is 0 Å². The van der Waals surface area contributed by atoms with Gasteiger partial charge in [0.25, 0.3) is 0 Å². The number of thiophene rings is 1. The molecule has 1 atom stereocenters. The van der Waals surface area contributed by atoms with E-state index in [-0.39, 0.29) is 0 Å². The Hall–Kier alpha value is -1.31. The maximum absolute atomic E-state index is 13.3. The van der Waals surface area contributed by atoms with Gasteiger partial charge in [-0.2, -0.15) is 39.5 Å². The quantitative estimate of drug-likeness (QED) is 0.402. The molecule has 14 heteroatoms. The van der Waals surface area contributed by atoms with Gasteiger partial charge in [0.1, 0.15) is 18.5 Å². The first-order valence-corrected chi connectivity index (χ1v) is 9.33. The minimum Gasteiger partial charge on any atom is -0.484 e. The van der Waals surface area contributed by atoms with E-state index in [2.05, 4.69) is 4.74 Å². The molecule has 1 aliphatic heterocycles. The Balaban J connectivity index is 1.87. The summed E-state index contributed by atoms with van der Waals surface area (Å²) in [7, 11) is 0. The molecule has 3 nitrogen and oxygen atoms in total. The second kappa shape index (κ2) is 7.84. The zero-order chi connectivity index (χ0) is 21.4. The van der Waals surface area contributed by atoms with Crippen LogP contribution in [0.1, 0.15) is 12.8 Å². The summed E-state index contributed by atoms with van der Waals surface area (Å²) in [5.74, 6) is -20.1. The molecular formula is C14H11F9O3S2. The first-order valence-electron chi connectivity index (χ1n) is 7.40. The van der Waals surface area contributed by atoms with Gasteiger partial charge < -0.3 is 9.47 Å². The lowest BCUT2D eigenvalue weighted by Gasteiger charge is -2.33. The van der Waals surface area contributed by atoms with Crippen molar-refractivity contribution in [3.05, 3.63) is 10.8 Å². The molecule has 1 aromatic rings. The van der Waals surface area contributed by atoms with E-state index in [4.69, 9.17) is 4.74 Å². The molecule has 1 aliphatic rings. The third-order valence-electron chi connectivity index (χ3n) is 3.59. The summed E-state index contributed by atoms with van der Waals surface area (Å²) in [4.78, 5) is 12.3. The number of esters is 1. The number of rotatable bonds is 7. The second-order valence-corrected chi connectivity index (χ2v) is 7.49. The van der Waals surface area contributed by atoms with Crippen LogP contribution in [0, 0.1) is 0 Å². The number of carbonyl (C=O) groups excluding carboxylic acids is 1. The van der Waals surface area contributed by atoms with Gasteiger partial charge in [-0.3, -0.25) is 4.79 Å². The number of hydrogen-bond acceptors (Lipinski definition) is 5. The van der Waals surface area contributed by atoms with Crippen molar-refractivity contribution in [2.45, 2.75) is 47.8 Å². The predicted molar refractivity (Wildman–Crippen MR) is 80.5 cm³/mol. The Morgan fingerprint density at radius 2 is 1.71 bits per heavy atom. The van der Waals surface area contributed by atoms with Crippen LogP contribution in [-0.2, 0) is 9.53 Å². The average molecular weight is 462 g/mol. The standard InChI is InChI=1S/C14H11F9O3S2/c15-11(16,12(17,18)13(19,20)14(21,22)23)2-1-10(24)25-3-7-4-28-9-6-27-5-8(9)26-7/h5-7H,1-4H2. The molecule has 0 spiro atoms. The summed E-state index contributed by atoms with van der Waals surface area (Å²) in [6.07, 6.45) is -11.3. The smallest absolute Gasteiger partial charge is 0.460 e. The van der Waals surface area contributed by atoms with Crippen molar-refractivity contribution < 1.29 is 53.8 Å². The molecule has 160 valence electrons. The van der Waals surface area contributed by atoms with Crippen molar-refractivity contribution in [3.63, 3.8) is 0 Å². The van der Waals surface area contributed by atoms with Crippen LogP contribution in [0.5, 0.6) is 5.75 Å². The highest BCUT2D eigenvalue weighted by Gasteiger charge is 2.81. The van der Waals surface area contributed by atoms with Crippen molar-refractivity contribution >= 4 is 29.1 Å². The number of ether oxygens (including phenoxy) is 2. The van der Waals surface area contributed by atoms with Crippen molar-refractivity contribution in [2.75, 3.05) is 12.4 Å². The minimum atomic E-state index is -6.97. The fourth-order valence-corrected chi connectivity index (χ4v) is 3.93. The first kappa shape index (κ1) is 23.0. The normalized spacial score (nSPS) is 18.4. The van der Waals surface area contributed by atoms with Gasteiger partial charge in [-0.15, -0.1) is 23.1 Å². The molecule has 2 rings (SSSR count). The molecule has 1 aromatic heterocycles. The summed E-state index contributed by atoms with van der Waals surface area (Å²) in [6.45, 7) is -0.429. The van der Waals surface area contributed by atoms with Crippen LogP contribution in [-0.4, -0.2) is 48.4 Å². The molecule has 0 fully saturated rings. The highest BCUT2D eigenvalue weighted by molar-refractivity contribution is 7.99. The molecule has 0 saturated heterocycles. The molecule has 0 bridgehead atoms. The Morgan fingerprint density at radius 1 is 1.07 bits per heavy atom. The van der Waals surface area contributed by atoms with E-state index in [1.165, 1.54) is 23.1 Å². The van der Waals surface area contributed by atoms with Crippen LogP contribution in [0.3, 0.4) is 0 Å². The lowest BCUT2D eigenvalue weighted by Crippen LogP contribution is -2.60. The summed E-state index contributed by atoms with van der Waals surface area (Å²) < 4.78 is 124. The molecule has 0 aromatic carbocycles. The third kappa shape index (κ3) is 4.47. The lowest BCUT2D eigenvalue weighted by atomic mass is 10.00. The first-order chi connectivity index (χ1) is 12.7. The predicted octanol–water partition coefficient (Wildman–Crippen LogP) is 5.39. The molecular weight excluding hydrogens is 451 g/mol. The van der Waals surface area contributed by atoms with Crippen LogP contribution in [0.2, 0.25) is 0 Å². The van der Waals surface area contributed by atoms with E-state index in [0.29, 0.717) is 11.5 Å². The van der Waals surface area contributed by atoms with Gasteiger partial charge in [0, 0.05) is 22.9 Å². The fourth-order valence-electron chi connectivity index (χ4n) is 2.03. The van der Waals surface area contributed by atoms with Gasteiger partial charge in [0.15, 0.2) is 0 Å². The molecule has 0 saturated carbocycles. The van der Waals surface area contributed by atoms with E-state index >= 15 is 0 Å². The molecule has 0 radical (unpaired) electrons. The highest BCUT2D eigenvalue weighted by Crippen LogP contribution is 2.54. The number of carbonyl (C=O) groups is 1. The maximum Gasteiger partial charge on any atom is 0.460 e. The number of hydrogen-bond donors (Lipinski definition) is 0. The van der Waals surface area contributed by atoms with Gasteiger partial charge in [-0.05, 0) is 0 Å². The molecule has 1 unspecified atom stereocenters. The zero-order valence-corrected chi connectivity index (χ0v) is 15.1. The molecule has 0 aliphatic carbocycles. The Labute approximate surface area is 160 Å².